The van der Waals surface area contributed by atoms with Crippen molar-refractivity contribution in [1.82, 2.24) is 4.90 Å². The van der Waals surface area contributed by atoms with Crippen molar-refractivity contribution in [1.29, 1.82) is 0 Å². The van der Waals surface area contributed by atoms with Gasteiger partial charge in [0.05, 0.1) is 18.5 Å². The fourth-order valence-corrected chi connectivity index (χ4v) is 3.25. The molecule has 106 valence electrons. The molecule has 1 aliphatic heterocycles. The molecule has 1 aromatic rings. The Labute approximate surface area is 123 Å². The second-order valence-corrected chi connectivity index (χ2v) is 5.88. The van der Waals surface area contributed by atoms with Gasteiger partial charge in [-0.25, -0.2) is 0 Å². The SMILES string of the molecule is O=C1[C@@H]2CCCC[C@H]2C(=O)N1CNc1ccc(Cl)cc1. The maximum atomic E-state index is 12.3. The summed E-state index contributed by atoms with van der Waals surface area (Å²) >= 11 is 5.82. The summed E-state index contributed by atoms with van der Waals surface area (Å²) in [5, 5.41) is 3.77. The zero-order valence-electron chi connectivity index (χ0n) is 11.1. The third-order valence-electron chi connectivity index (χ3n) is 4.22. The van der Waals surface area contributed by atoms with E-state index in [-0.39, 0.29) is 30.3 Å². The van der Waals surface area contributed by atoms with E-state index in [1.54, 1.807) is 12.1 Å². The monoisotopic (exact) mass is 292 g/mol. The zero-order valence-corrected chi connectivity index (χ0v) is 11.9. The number of benzene rings is 1. The first-order chi connectivity index (χ1) is 9.66. The molecule has 2 fully saturated rings. The largest absolute Gasteiger partial charge is 0.367 e. The lowest BCUT2D eigenvalue weighted by atomic mass is 9.81. The van der Waals surface area contributed by atoms with Gasteiger partial charge in [0, 0.05) is 10.7 Å². The van der Waals surface area contributed by atoms with E-state index < -0.39 is 0 Å². The predicted molar refractivity (Wildman–Crippen MR) is 77.2 cm³/mol. The van der Waals surface area contributed by atoms with Crippen LogP contribution in [0, 0.1) is 11.8 Å². The van der Waals surface area contributed by atoms with Gasteiger partial charge in [-0.2, -0.15) is 0 Å². The molecule has 3 rings (SSSR count). The highest BCUT2D eigenvalue weighted by molar-refractivity contribution is 6.30. The first-order valence-electron chi connectivity index (χ1n) is 7.01. The van der Waals surface area contributed by atoms with Crippen LogP contribution < -0.4 is 5.32 Å². The maximum Gasteiger partial charge on any atom is 0.234 e. The molecule has 0 bridgehead atoms. The van der Waals surface area contributed by atoms with E-state index in [1.165, 1.54) is 4.90 Å². The number of anilines is 1. The summed E-state index contributed by atoms with van der Waals surface area (Å²) in [6.07, 6.45) is 3.82. The fourth-order valence-electron chi connectivity index (χ4n) is 3.12. The van der Waals surface area contributed by atoms with Crippen LogP contribution in [0.3, 0.4) is 0 Å². The lowest BCUT2D eigenvalue weighted by molar-refractivity contribution is -0.139. The Morgan fingerprint density at radius 3 is 2.15 bits per heavy atom. The molecule has 2 aliphatic rings. The number of nitrogens with one attached hydrogen (secondary N) is 1. The highest BCUT2D eigenvalue weighted by Gasteiger charge is 2.47. The topological polar surface area (TPSA) is 49.4 Å². The molecule has 2 atom stereocenters. The number of amides is 2. The summed E-state index contributed by atoms with van der Waals surface area (Å²) in [6.45, 7) is 0.242. The normalized spacial score (nSPS) is 25.8. The van der Waals surface area contributed by atoms with Gasteiger partial charge in [-0.3, -0.25) is 14.5 Å². The Kier molecular flexibility index (Phi) is 3.66. The number of imide groups is 1. The van der Waals surface area contributed by atoms with E-state index in [4.69, 9.17) is 11.6 Å². The molecule has 4 nitrogen and oxygen atoms in total. The van der Waals surface area contributed by atoms with E-state index in [9.17, 15) is 9.59 Å². The highest BCUT2D eigenvalue weighted by Crippen LogP contribution is 2.37. The molecule has 0 unspecified atom stereocenters. The predicted octanol–water partition coefficient (Wildman–Crippen LogP) is 2.88. The van der Waals surface area contributed by atoms with Crippen molar-refractivity contribution in [2.75, 3.05) is 12.0 Å². The molecule has 0 aromatic heterocycles. The van der Waals surface area contributed by atoms with E-state index in [0.717, 1.165) is 31.4 Å². The molecule has 5 heteroatoms. The van der Waals surface area contributed by atoms with Gasteiger partial charge in [-0.1, -0.05) is 24.4 Å². The smallest absolute Gasteiger partial charge is 0.234 e. The lowest BCUT2D eigenvalue weighted by Gasteiger charge is -2.19. The van der Waals surface area contributed by atoms with Crippen LogP contribution in [0.2, 0.25) is 5.02 Å². The number of carbonyl (C=O) groups is 2. The highest BCUT2D eigenvalue weighted by atomic mass is 35.5. The Morgan fingerprint density at radius 1 is 1.05 bits per heavy atom. The lowest BCUT2D eigenvalue weighted by Crippen LogP contribution is -2.35. The first kappa shape index (κ1) is 13.4. The Bertz CT molecular complexity index is 505. The van der Waals surface area contributed by atoms with E-state index in [2.05, 4.69) is 5.32 Å². The average Bonchev–Trinajstić information content (AvgIpc) is 2.71. The summed E-state index contributed by atoms with van der Waals surface area (Å²) in [6, 6.07) is 7.22. The number of halogens is 1. The minimum absolute atomic E-state index is 0.0128. The zero-order chi connectivity index (χ0) is 14.1. The number of carbonyl (C=O) groups excluding carboxylic acids is 2. The van der Waals surface area contributed by atoms with Crippen LogP contribution in [-0.2, 0) is 9.59 Å². The van der Waals surface area contributed by atoms with Crippen LogP contribution in [0.1, 0.15) is 25.7 Å². The minimum Gasteiger partial charge on any atom is -0.367 e. The summed E-state index contributed by atoms with van der Waals surface area (Å²) in [5.74, 6) is -0.186. The molecule has 1 saturated heterocycles. The number of hydrogen-bond acceptors (Lipinski definition) is 3. The van der Waals surface area contributed by atoms with Crippen molar-refractivity contribution in [2.24, 2.45) is 11.8 Å². The van der Waals surface area contributed by atoms with Crippen LogP contribution in [0.25, 0.3) is 0 Å². The van der Waals surface area contributed by atoms with Gasteiger partial charge in [0.15, 0.2) is 0 Å². The molecular formula is C15H17ClN2O2. The molecule has 1 aliphatic carbocycles. The number of hydrogen-bond donors (Lipinski definition) is 1. The molecule has 2 amide bonds. The van der Waals surface area contributed by atoms with Crippen LogP contribution in [0.4, 0.5) is 5.69 Å². The van der Waals surface area contributed by atoms with Crippen LogP contribution in [-0.4, -0.2) is 23.4 Å². The van der Waals surface area contributed by atoms with Crippen molar-refractivity contribution < 1.29 is 9.59 Å². The number of rotatable bonds is 3. The van der Waals surface area contributed by atoms with Gasteiger partial charge < -0.3 is 5.32 Å². The van der Waals surface area contributed by atoms with E-state index in [0.29, 0.717) is 5.02 Å². The molecule has 20 heavy (non-hydrogen) atoms. The van der Waals surface area contributed by atoms with E-state index >= 15 is 0 Å². The van der Waals surface area contributed by atoms with Gasteiger partial charge >= 0.3 is 0 Å². The van der Waals surface area contributed by atoms with Crippen molar-refractivity contribution in [3.8, 4) is 0 Å². The second-order valence-electron chi connectivity index (χ2n) is 5.44. The van der Waals surface area contributed by atoms with Gasteiger partial charge in [-0.15, -0.1) is 0 Å². The molecule has 1 heterocycles. The second kappa shape index (κ2) is 5.44. The summed E-state index contributed by atoms with van der Waals surface area (Å²) in [5.41, 5.74) is 0.852. The van der Waals surface area contributed by atoms with Crippen LogP contribution >= 0.6 is 11.6 Å². The fraction of sp³-hybridized carbons (Fsp3) is 0.467. The third kappa shape index (κ3) is 2.40. The van der Waals surface area contributed by atoms with Crippen molar-refractivity contribution in [2.45, 2.75) is 25.7 Å². The third-order valence-corrected chi connectivity index (χ3v) is 4.47. The van der Waals surface area contributed by atoms with Crippen LogP contribution in [0.15, 0.2) is 24.3 Å². The first-order valence-corrected chi connectivity index (χ1v) is 7.39. The maximum absolute atomic E-state index is 12.3. The van der Waals surface area contributed by atoms with Crippen molar-refractivity contribution in [3.05, 3.63) is 29.3 Å². The van der Waals surface area contributed by atoms with E-state index in [1.807, 2.05) is 12.1 Å². The minimum atomic E-state index is -0.0803. The summed E-state index contributed by atoms with van der Waals surface area (Å²) < 4.78 is 0. The van der Waals surface area contributed by atoms with Gasteiger partial charge in [0.1, 0.15) is 0 Å². The molecule has 1 aromatic carbocycles. The van der Waals surface area contributed by atoms with Crippen molar-refractivity contribution >= 4 is 29.1 Å². The molecule has 0 spiro atoms. The number of fused-ring (bicyclic) bond motifs is 1. The Hall–Kier alpha value is -1.55. The van der Waals surface area contributed by atoms with Gasteiger partial charge in [-0.05, 0) is 37.1 Å². The Balaban J connectivity index is 1.66. The molecule has 0 radical (unpaired) electrons. The summed E-state index contributed by atoms with van der Waals surface area (Å²) in [7, 11) is 0. The summed E-state index contributed by atoms with van der Waals surface area (Å²) in [4.78, 5) is 25.9. The molecular weight excluding hydrogens is 276 g/mol. The van der Waals surface area contributed by atoms with Gasteiger partial charge in [0.25, 0.3) is 0 Å². The Morgan fingerprint density at radius 2 is 1.60 bits per heavy atom. The van der Waals surface area contributed by atoms with Crippen molar-refractivity contribution in [3.63, 3.8) is 0 Å². The standard InChI is InChI=1S/C15H17ClN2O2/c16-10-5-7-11(8-6-10)17-9-18-14(19)12-3-1-2-4-13(12)15(18)20/h5-8,12-13,17H,1-4,9H2/t12-,13-/m1/s1. The number of likely N-dealkylation sites (tertiary alicyclic amines) is 1. The quantitative estimate of drug-likeness (QED) is 0.872. The number of nitrogens with zero attached hydrogens (tertiary/aromatic N) is 1. The average molecular weight is 293 g/mol. The van der Waals surface area contributed by atoms with Crippen LogP contribution in [0.5, 0.6) is 0 Å². The molecule has 1 N–H and O–H groups in total. The van der Waals surface area contributed by atoms with Gasteiger partial charge in [0.2, 0.25) is 11.8 Å². The molecule has 1 saturated carbocycles.